The molecule has 376 valence electrons. The average molecular weight is 1000 g/mol. The first-order valence-corrected chi connectivity index (χ1v) is 24.2. The van der Waals surface area contributed by atoms with Crippen LogP contribution in [-0.4, -0.2) is 131 Å². The topological polar surface area (TPSA) is 293 Å². The number of hydrogen-bond donors (Lipinski definition) is 7. The number of nitrogens with zero attached hydrogens (tertiary/aromatic N) is 2. The van der Waals surface area contributed by atoms with Crippen LogP contribution in [0.2, 0.25) is 5.02 Å². The number of carbonyl (C=O) groups is 6. The Balaban J connectivity index is 1.40. The predicted octanol–water partition coefficient (Wildman–Crippen LogP) is 3.45. The minimum absolute atomic E-state index is 0.0128. The lowest BCUT2D eigenvalue weighted by Crippen LogP contribution is -2.63. The van der Waals surface area contributed by atoms with Gasteiger partial charge in [0.15, 0.2) is 5.72 Å². The number of nitrogens with one attached hydrogen (secondary N) is 4. The minimum Gasteiger partial charge on any atom is -0.487 e. The Kier molecular flexibility index (Phi) is 18.0. The van der Waals surface area contributed by atoms with E-state index >= 15 is 0 Å². The van der Waals surface area contributed by atoms with Gasteiger partial charge in [0, 0.05) is 32.2 Å². The molecule has 69 heavy (non-hydrogen) atoms. The van der Waals surface area contributed by atoms with Crippen LogP contribution in [0.4, 0.5) is 16.2 Å². The van der Waals surface area contributed by atoms with Crippen molar-refractivity contribution in [2.45, 2.75) is 115 Å². The van der Waals surface area contributed by atoms with Gasteiger partial charge >= 0.3 is 19.7 Å². The van der Waals surface area contributed by atoms with Gasteiger partial charge in [-0.05, 0) is 82.6 Å². The van der Waals surface area contributed by atoms with E-state index in [0.717, 1.165) is 5.57 Å². The quantitative estimate of drug-likeness (QED) is 0.0618. The molecule has 2 aromatic rings. The van der Waals surface area contributed by atoms with Crippen LogP contribution in [-0.2, 0) is 60.5 Å². The number of benzene rings is 2. The second-order valence-electron chi connectivity index (χ2n) is 17.5. The molecular formula is C46H60ClN6O15P. The standard InChI is InChI=1S/C46H60ClN6O15P/c1-9-48-22-37(54)49-27(4)42(57)50-28(5)43(58)51-31-15-13-29(14-16-31)23-65-33-19-30-17-25(2)11-10-12-35(64-8)46(60)21-34(66-44(59)52-46)26(3)41-45(6,68-41)36(67-39(56)24-69(61,62)63)20-38(55)53(7)32(18-30)40(33)47/h9-16,18-19,26-28,34-36,41,60H,17,20-24H2,1-8H3,(H,49,54)(H,50,57)(H,51,58)(H,52,59)(H2,61,62,63)/b12-10+,25-11+,48-9?/t26-,27?,28?,34+,35-,36+,41+,45+,46+/m1/s1. The van der Waals surface area contributed by atoms with Crippen molar-refractivity contribution in [2.75, 3.05) is 37.1 Å². The van der Waals surface area contributed by atoms with Crippen molar-refractivity contribution in [1.29, 1.82) is 0 Å². The predicted molar refractivity (Wildman–Crippen MR) is 253 cm³/mol. The molecule has 3 heterocycles. The van der Waals surface area contributed by atoms with Gasteiger partial charge in [-0.1, -0.05) is 54.5 Å². The van der Waals surface area contributed by atoms with E-state index < -0.39 is 110 Å². The smallest absolute Gasteiger partial charge is 0.409 e. The molecule has 2 unspecified atom stereocenters. The number of esters is 1. The summed E-state index contributed by atoms with van der Waals surface area (Å²) in [7, 11) is -2.05. The number of ether oxygens (including phenoxy) is 5. The molecule has 4 bridgehead atoms. The molecule has 23 heteroatoms. The van der Waals surface area contributed by atoms with Gasteiger partial charge in [0.2, 0.25) is 23.6 Å². The Morgan fingerprint density at radius 2 is 1.78 bits per heavy atom. The van der Waals surface area contributed by atoms with Crippen LogP contribution in [0.1, 0.15) is 65.5 Å². The van der Waals surface area contributed by atoms with Crippen molar-refractivity contribution < 1.29 is 71.9 Å². The zero-order valence-corrected chi connectivity index (χ0v) is 41.2. The third kappa shape index (κ3) is 14.4. The number of methoxy groups -OCH3 is 1. The molecule has 0 saturated carbocycles. The normalized spacial score (nSPS) is 27.3. The Labute approximate surface area is 404 Å². The molecule has 0 spiro atoms. The number of amides is 5. The Hall–Kier alpha value is -5.67. The summed E-state index contributed by atoms with van der Waals surface area (Å²) in [4.78, 5) is 102. The fourth-order valence-corrected chi connectivity index (χ4v) is 8.65. The fourth-order valence-electron chi connectivity index (χ4n) is 7.95. The molecule has 21 nitrogen and oxygen atoms in total. The number of carbonyl (C=O) groups excluding carboxylic acids is 6. The lowest BCUT2D eigenvalue weighted by molar-refractivity contribution is -0.151. The van der Waals surface area contributed by atoms with E-state index in [0.29, 0.717) is 23.2 Å². The van der Waals surface area contributed by atoms with Gasteiger partial charge in [-0.25, -0.2) is 4.79 Å². The van der Waals surface area contributed by atoms with Gasteiger partial charge < -0.3 is 59.4 Å². The number of hydrogen-bond acceptors (Lipinski definition) is 14. The second-order valence-corrected chi connectivity index (χ2v) is 19.5. The van der Waals surface area contributed by atoms with Crippen LogP contribution in [0.25, 0.3) is 0 Å². The van der Waals surface area contributed by atoms with E-state index in [4.69, 9.17) is 35.3 Å². The maximum absolute atomic E-state index is 14.3. The molecule has 5 rings (SSSR count). The molecule has 7 N–H and O–H groups in total. The van der Waals surface area contributed by atoms with Crippen molar-refractivity contribution in [3.8, 4) is 5.75 Å². The molecule has 2 aromatic carbocycles. The Morgan fingerprint density at radius 1 is 1.10 bits per heavy atom. The molecule has 0 radical (unpaired) electrons. The van der Waals surface area contributed by atoms with E-state index in [2.05, 4.69) is 26.3 Å². The SMILES string of the molecule is CC=NCC(=O)NC(C)C(=O)NC(C)C(=O)Nc1ccc(COc2cc3cc(c2Cl)N(C)C(=O)C[C@H](OC(=O)CP(=O)(O)O)[C@]2(C)O[C@H]2[C@H](C)[C@@H]2C[C@@](O)(NC(=O)O2)[C@H](OC)/C=C/C=C(\C)C3)cc1. The van der Waals surface area contributed by atoms with E-state index in [1.165, 1.54) is 39.1 Å². The Morgan fingerprint density at radius 3 is 2.43 bits per heavy atom. The first-order valence-electron chi connectivity index (χ1n) is 22.0. The van der Waals surface area contributed by atoms with Crippen LogP contribution < -0.4 is 30.9 Å². The second kappa shape index (κ2) is 22.8. The molecular weight excluding hydrogens is 943 g/mol. The maximum Gasteiger partial charge on any atom is 0.409 e. The van der Waals surface area contributed by atoms with Crippen molar-refractivity contribution in [3.05, 3.63) is 76.3 Å². The lowest BCUT2D eigenvalue weighted by atomic mass is 9.83. The van der Waals surface area contributed by atoms with Gasteiger partial charge in [0.1, 0.15) is 66.1 Å². The zero-order valence-electron chi connectivity index (χ0n) is 39.5. The van der Waals surface area contributed by atoms with E-state index in [9.17, 15) is 48.2 Å². The average Bonchev–Trinajstić information content (AvgIpc) is 3.97. The van der Waals surface area contributed by atoms with Crippen LogP contribution in [0, 0.1) is 5.92 Å². The van der Waals surface area contributed by atoms with E-state index in [-0.39, 0.29) is 36.0 Å². The number of aliphatic imine (C=N–C) groups is 1. The summed E-state index contributed by atoms with van der Waals surface area (Å²) in [5.74, 6) is -3.87. The fraction of sp³-hybridized carbons (Fsp3) is 0.500. The van der Waals surface area contributed by atoms with Gasteiger partial charge in [-0.3, -0.25) is 38.8 Å². The summed E-state index contributed by atoms with van der Waals surface area (Å²) in [5, 5.41) is 22.1. The minimum atomic E-state index is -4.88. The number of allylic oxidation sites excluding steroid dienone is 3. The van der Waals surface area contributed by atoms with Crippen LogP contribution in [0.5, 0.6) is 5.75 Å². The number of epoxide rings is 1. The summed E-state index contributed by atoms with van der Waals surface area (Å²) in [6.07, 6.45) is -0.279. The number of alkyl carbamates (subject to hydrolysis) is 1. The molecule has 2 saturated heterocycles. The van der Waals surface area contributed by atoms with Gasteiger partial charge in [0.25, 0.3) is 0 Å². The molecule has 5 amide bonds. The lowest BCUT2D eigenvalue weighted by Gasteiger charge is -2.42. The van der Waals surface area contributed by atoms with Crippen LogP contribution in [0.15, 0.2) is 65.2 Å². The van der Waals surface area contributed by atoms with Crippen LogP contribution >= 0.6 is 19.2 Å². The van der Waals surface area contributed by atoms with Crippen molar-refractivity contribution in [3.63, 3.8) is 0 Å². The van der Waals surface area contributed by atoms with Crippen molar-refractivity contribution in [1.82, 2.24) is 16.0 Å². The Bertz CT molecular complexity index is 2410. The highest BCUT2D eigenvalue weighted by Crippen LogP contribution is 2.49. The number of anilines is 2. The number of fused-ring (bicyclic) bond motifs is 5. The highest BCUT2D eigenvalue weighted by atomic mass is 35.5. The van der Waals surface area contributed by atoms with Crippen molar-refractivity contribution >= 4 is 72.5 Å². The number of aliphatic hydroxyl groups is 1. The molecule has 0 aromatic heterocycles. The monoisotopic (exact) mass is 1000 g/mol. The maximum atomic E-state index is 14.3. The van der Waals surface area contributed by atoms with Gasteiger partial charge in [0.05, 0.1) is 18.2 Å². The summed E-state index contributed by atoms with van der Waals surface area (Å²) >= 11 is 7.00. The molecule has 0 aliphatic carbocycles. The third-order valence-electron chi connectivity index (χ3n) is 11.9. The summed E-state index contributed by atoms with van der Waals surface area (Å²) in [5.41, 5.74) is -0.573. The number of halogens is 1. The van der Waals surface area contributed by atoms with Crippen molar-refractivity contribution in [2.24, 2.45) is 10.9 Å². The largest absolute Gasteiger partial charge is 0.487 e. The zero-order chi connectivity index (χ0) is 51.0. The van der Waals surface area contributed by atoms with E-state index in [1.54, 1.807) is 75.4 Å². The highest BCUT2D eigenvalue weighted by Gasteiger charge is 2.64. The molecule has 2 fully saturated rings. The molecule has 3 aliphatic rings. The van der Waals surface area contributed by atoms with E-state index in [1.807, 2.05) is 6.92 Å². The van der Waals surface area contributed by atoms with Crippen LogP contribution in [0.3, 0.4) is 0 Å². The van der Waals surface area contributed by atoms with Gasteiger partial charge in [-0.15, -0.1) is 0 Å². The summed E-state index contributed by atoms with van der Waals surface area (Å²) in [6, 6.07) is 8.24. The molecule has 9 atom stereocenters. The highest BCUT2D eigenvalue weighted by molar-refractivity contribution is 7.52. The van der Waals surface area contributed by atoms with Gasteiger partial charge in [-0.2, -0.15) is 0 Å². The molecule has 3 aliphatic heterocycles. The first kappa shape index (κ1) is 54.3. The number of rotatable bonds is 14. The first-order chi connectivity index (χ1) is 32.4. The third-order valence-corrected chi connectivity index (χ3v) is 12.9. The summed E-state index contributed by atoms with van der Waals surface area (Å²) < 4.78 is 41.0. The summed E-state index contributed by atoms with van der Waals surface area (Å²) in [6.45, 7) is 9.62.